The highest BCUT2D eigenvalue weighted by molar-refractivity contribution is 5.85. The summed E-state index contributed by atoms with van der Waals surface area (Å²) in [7, 11) is 0. The van der Waals surface area contributed by atoms with Crippen molar-refractivity contribution in [2.45, 2.75) is 44.2 Å². The Morgan fingerprint density at radius 1 is 1.08 bits per heavy atom. The third-order valence-electron chi connectivity index (χ3n) is 4.85. The van der Waals surface area contributed by atoms with Crippen LogP contribution in [0.1, 0.15) is 31.2 Å². The predicted molar refractivity (Wildman–Crippen MR) is 97.4 cm³/mol. The second-order valence-electron chi connectivity index (χ2n) is 6.58. The maximum atomic E-state index is 6.07. The van der Waals surface area contributed by atoms with Crippen molar-refractivity contribution in [2.75, 3.05) is 11.9 Å². The van der Waals surface area contributed by atoms with Gasteiger partial charge in [-0.2, -0.15) is 5.10 Å². The predicted octanol–water partition coefficient (Wildman–Crippen LogP) is 3.34. The molecule has 1 aliphatic rings. The maximum absolute atomic E-state index is 6.07. The molecular formula is C19H23N5O. The molecule has 0 amide bonds. The molecule has 0 spiro atoms. The van der Waals surface area contributed by atoms with Gasteiger partial charge in [0.2, 0.25) is 0 Å². The molecule has 3 aromatic rings. The quantitative estimate of drug-likeness (QED) is 0.721. The Hall–Kier alpha value is -2.47. The first-order valence-corrected chi connectivity index (χ1v) is 8.94. The van der Waals surface area contributed by atoms with Crippen LogP contribution >= 0.6 is 0 Å². The van der Waals surface area contributed by atoms with Gasteiger partial charge in [0.25, 0.3) is 0 Å². The number of hydrogen-bond donors (Lipinski definition) is 2. The number of nitrogens with one attached hydrogen (secondary N) is 2. The van der Waals surface area contributed by atoms with E-state index in [2.05, 4.69) is 49.7 Å². The zero-order valence-electron chi connectivity index (χ0n) is 14.2. The number of benzene rings is 1. The minimum absolute atomic E-state index is 0.376. The summed E-state index contributed by atoms with van der Waals surface area (Å²) in [6, 6.07) is 11.0. The van der Waals surface area contributed by atoms with Gasteiger partial charge in [0.05, 0.1) is 24.3 Å². The van der Waals surface area contributed by atoms with Crippen molar-refractivity contribution >= 4 is 16.9 Å². The lowest BCUT2D eigenvalue weighted by atomic mass is 9.93. The van der Waals surface area contributed by atoms with Crippen molar-refractivity contribution < 1.29 is 4.74 Å². The Labute approximate surface area is 147 Å². The molecule has 2 heterocycles. The Balaban J connectivity index is 1.24. The highest BCUT2D eigenvalue weighted by Gasteiger charge is 2.22. The summed E-state index contributed by atoms with van der Waals surface area (Å²) in [4.78, 5) is 8.54. The minimum atomic E-state index is 0.376. The fraction of sp³-hybridized carbons (Fsp3) is 0.421. The van der Waals surface area contributed by atoms with Gasteiger partial charge in [0, 0.05) is 6.04 Å². The molecular weight excluding hydrogens is 314 g/mol. The number of fused-ring (bicyclic) bond motifs is 1. The lowest BCUT2D eigenvalue weighted by Gasteiger charge is -2.29. The number of nitrogens with zero attached hydrogens (tertiary/aromatic N) is 3. The smallest absolute Gasteiger partial charge is 0.160 e. The Morgan fingerprint density at radius 3 is 2.76 bits per heavy atom. The van der Waals surface area contributed by atoms with E-state index in [-0.39, 0.29) is 0 Å². The molecule has 2 aromatic heterocycles. The van der Waals surface area contributed by atoms with Crippen molar-refractivity contribution in [2.24, 2.45) is 0 Å². The van der Waals surface area contributed by atoms with E-state index >= 15 is 0 Å². The maximum Gasteiger partial charge on any atom is 0.160 e. The van der Waals surface area contributed by atoms with E-state index in [1.807, 2.05) is 6.07 Å². The van der Waals surface area contributed by atoms with Gasteiger partial charge in [-0.3, -0.25) is 5.10 Å². The summed E-state index contributed by atoms with van der Waals surface area (Å²) in [5.74, 6) is 0.868. The zero-order valence-corrected chi connectivity index (χ0v) is 14.2. The number of hydrogen-bond acceptors (Lipinski definition) is 5. The molecule has 0 radical (unpaired) electrons. The lowest BCUT2D eigenvalue weighted by Crippen LogP contribution is -2.30. The summed E-state index contributed by atoms with van der Waals surface area (Å²) in [5.41, 5.74) is 2.11. The molecule has 1 aromatic carbocycles. The summed E-state index contributed by atoms with van der Waals surface area (Å²) in [5, 5.41) is 11.4. The standard InChI is InChI=1S/C19H23N5O/c1-2-4-14(5-3-1)10-11-25-16-8-6-15(7-9-16)23-18-17-12-22-24-19(17)21-13-20-18/h1-5,12-13,15-16H,6-11H2,(H2,20,21,22,23,24)/t15-,16+. The van der Waals surface area contributed by atoms with Crippen LogP contribution < -0.4 is 5.32 Å². The second kappa shape index (κ2) is 7.61. The molecule has 0 saturated heterocycles. The average Bonchev–Trinajstić information content (AvgIpc) is 3.14. The van der Waals surface area contributed by atoms with E-state index in [0.29, 0.717) is 12.1 Å². The molecule has 6 nitrogen and oxygen atoms in total. The molecule has 0 atom stereocenters. The number of rotatable bonds is 6. The van der Waals surface area contributed by atoms with Crippen molar-refractivity contribution in [1.29, 1.82) is 0 Å². The monoisotopic (exact) mass is 337 g/mol. The largest absolute Gasteiger partial charge is 0.378 e. The normalized spacial score (nSPS) is 20.6. The number of anilines is 1. The van der Waals surface area contributed by atoms with E-state index in [1.54, 1.807) is 12.5 Å². The molecule has 0 unspecified atom stereocenters. The molecule has 1 fully saturated rings. The van der Waals surface area contributed by atoms with Crippen molar-refractivity contribution in [3.05, 3.63) is 48.4 Å². The van der Waals surface area contributed by atoms with Crippen LogP contribution in [0.4, 0.5) is 5.82 Å². The lowest BCUT2D eigenvalue weighted by molar-refractivity contribution is 0.0283. The first-order chi connectivity index (χ1) is 12.4. The number of ether oxygens (including phenoxy) is 1. The van der Waals surface area contributed by atoms with Gasteiger partial charge in [-0.05, 0) is 37.7 Å². The van der Waals surface area contributed by atoms with Gasteiger partial charge in [-0.25, -0.2) is 9.97 Å². The van der Waals surface area contributed by atoms with Crippen LogP contribution in [-0.2, 0) is 11.2 Å². The Bertz CT molecular complexity index is 796. The van der Waals surface area contributed by atoms with Gasteiger partial charge in [0.1, 0.15) is 12.1 Å². The third-order valence-corrected chi connectivity index (χ3v) is 4.85. The summed E-state index contributed by atoms with van der Waals surface area (Å²) < 4.78 is 6.07. The van der Waals surface area contributed by atoms with Crippen LogP contribution in [-0.4, -0.2) is 38.9 Å². The molecule has 25 heavy (non-hydrogen) atoms. The number of aromatic amines is 1. The molecule has 1 saturated carbocycles. The first-order valence-electron chi connectivity index (χ1n) is 8.94. The van der Waals surface area contributed by atoms with Crippen LogP contribution in [0.15, 0.2) is 42.9 Å². The number of H-pyrrole nitrogens is 1. The topological polar surface area (TPSA) is 75.7 Å². The Kier molecular flexibility index (Phi) is 4.88. The van der Waals surface area contributed by atoms with Gasteiger partial charge in [-0.15, -0.1) is 0 Å². The summed E-state index contributed by atoms with van der Waals surface area (Å²) in [6.45, 7) is 0.800. The summed E-state index contributed by atoms with van der Waals surface area (Å²) >= 11 is 0. The fourth-order valence-electron chi connectivity index (χ4n) is 3.44. The zero-order chi connectivity index (χ0) is 16.9. The second-order valence-corrected chi connectivity index (χ2v) is 6.58. The van der Waals surface area contributed by atoms with Crippen molar-refractivity contribution in [1.82, 2.24) is 20.2 Å². The van der Waals surface area contributed by atoms with E-state index in [0.717, 1.165) is 55.6 Å². The van der Waals surface area contributed by atoms with E-state index < -0.39 is 0 Å². The number of aromatic nitrogens is 4. The van der Waals surface area contributed by atoms with Crippen molar-refractivity contribution in [3.8, 4) is 0 Å². The molecule has 4 rings (SSSR count). The summed E-state index contributed by atoms with van der Waals surface area (Å²) in [6.07, 6.45) is 9.08. The molecule has 2 N–H and O–H groups in total. The van der Waals surface area contributed by atoms with Gasteiger partial charge in [0.15, 0.2) is 5.65 Å². The van der Waals surface area contributed by atoms with Gasteiger partial charge in [-0.1, -0.05) is 30.3 Å². The van der Waals surface area contributed by atoms with Crippen LogP contribution in [0, 0.1) is 0 Å². The average molecular weight is 337 g/mol. The molecule has 0 aliphatic heterocycles. The van der Waals surface area contributed by atoms with Crippen LogP contribution in [0.2, 0.25) is 0 Å². The van der Waals surface area contributed by atoms with Gasteiger partial charge >= 0.3 is 0 Å². The molecule has 130 valence electrons. The van der Waals surface area contributed by atoms with E-state index in [4.69, 9.17) is 4.74 Å². The van der Waals surface area contributed by atoms with Crippen LogP contribution in [0.25, 0.3) is 11.0 Å². The third kappa shape index (κ3) is 3.96. The highest BCUT2D eigenvalue weighted by Crippen LogP contribution is 2.25. The molecule has 0 bridgehead atoms. The van der Waals surface area contributed by atoms with E-state index in [1.165, 1.54) is 5.56 Å². The minimum Gasteiger partial charge on any atom is -0.378 e. The van der Waals surface area contributed by atoms with Gasteiger partial charge < -0.3 is 10.1 Å². The highest BCUT2D eigenvalue weighted by atomic mass is 16.5. The fourth-order valence-corrected chi connectivity index (χ4v) is 3.44. The first kappa shape index (κ1) is 16.0. The SMILES string of the molecule is c1ccc(CCO[C@H]2CC[C@@H](Nc3ncnc4[nH]ncc34)CC2)cc1. The Morgan fingerprint density at radius 2 is 1.92 bits per heavy atom. The molecule has 6 heteroatoms. The molecule has 1 aliphatic carbocycles. The van der Waals surface area contributed by atoms with E-state index in [9.17, 15) is 0 Å². The van der Waals surface area contributed by atoms with Crippen molar-refractivity contribution in [3.63, 3.8) is 0 Å². The van der Waals surface area contributed by atoms with Crippen LogP contribution in [0.5, 0.6) is 0 Å². The van der Waals surface area contributed by atoms with Crippen LogP contribution in [0.3, 0.4) is 0 Å².